The predicted octanol–water partition coefficient (Wildman–Crippen LogP) is 2.28. The van der Waals surface area contributed by atoms with Crippen molar-refractivity contribution in [1.29, 1.82) is 0 Å². The minimum absolute atomic E-state index is 0.103. The Bertz CT molecular complexity index is 1100. The quantitative estimate of drug-likeness (QED) is 0.661. The molecule has 0 amide bonds. The second-order valence-electron chi connectivity index (χ2n) is 6.65. The van der Waals surface area contributed by atoms with Crippen LogP contribution in [0.1, 0.15) is 0 Å². The Hall–Kier alpha value is -3.34. The number of anilines is 3. The third-order valence-corrected chi connectivity index (χ3v) is 5.99. The summed E-state index contributed by atoms with van der Waals surface area (Å²) in [5, 5.41) is 0. The minimum Gasteiger partial charge on any atom is -0.353 e. The SMILES string of the molecule is O=S(=O)(Nc1cc(F)cc(F)c1)c1ccc(N2CCN(c3cnccn3)CC2)nc1. The maximum absolute atomic E-state index is 13.3. The fourth-order valence-corrected chi connectivity index (χ4v) is 4.15. The number of aromatic nitrogens is 3. The molecule has 0 bridgehead atoms. The number of halogens is 2. The van der Waals surface area contributed by atoms with Gasteiger partial charge in [-0.25, -0.2) is 27.2 Å². The summed E-state index contributed by atoms with van der Waals surface area (Å²) in [4.78, 5) is 16.7. The lowest BCUT2D eigenvalue weighted by Gasteiger charge is -2.35. The van der Waals surface area contributed by atoms with Crippen molar-refractivity contribution in [2.75, 3.05) is 40.7 Å². The van der Waals surface area contributed by atoms with E-state index in [0.29, 0.717) is 25.0 Å². The van der Waals surface area contributed by atoms with Gasteiger partial charge in [0, 0.05) is 50.8 Å². The van der Waals surface area contributed by atoms with Crippen molar-refractivity contribution in [2.24, 2.45) is 0 Å². The zero-order chi connectivity index (χ0) is 21.1. The molecule has 1 fully saturated rings. The minimum atomic E-state index is -4.03. The molecule has 0 spiro atoms. The number of hydrogen-bond acceptors (Lipinski definition) is 7. The molecule has 8 nitrogen and oxygen atoms in total. The van der Waals surface area contributed by atoms with Gasteiger partial charge in [0.2, 0.25) is 0 Å². The second kappa shape index (κ2) is 8.19. The first-order chi connectivity index (χ1) is 14.4. The Morgan fingerprint density at radius 2 is 1.50 bits per heavy atom. The van der Waals surface area contributed by atoms with E-state index in [1.165, 1.54) is 12.3 Å². The van der Waals surface area contributed by atoms with Gasteiger partial charge in [-0.2, -0.15) is 0 Å². The molecule has 3 aromatic rings. The summed E-state index contributed by atoms with van der Waals surface area (Å²) in [6.07, 6.45) is 6.21. The van der Waals surface area contributed by atoms with Gasteiger partial charge in [0.05, 0.1) is 11.9 Å². The van der Waals surface area contributed by atoms with Crippen molar-refractivity contribution in [3.63, 3.8) is 0 Å². The van der Waals surface area contributed by atoms with E-state index in [2.05, 4.69) is 24.6 Å². The Kier molecular flexibility index (Phi) is 5.44. The summed E-state index contributed by atoms with van der Waals surface area (Å²) in [5.74, 6) is -0.292. The number of rotatable bonds is 5. The first-order valence-corrected chi connectivity index (χ1v) is 10.6. The fourth-order valence-electron chi connectivity index (χ4n) is 3.16. The molecule has 1 aliphatic rings. The number of benzene rings is 1. The maximum atomic E-state index is 13.3. The van der Waals surface area contributed by atoms with Crippen LogP contribution in [0, 0.1) is 11.6 Å². The molecule has 0 aliphatic carbocycles. The van der Waals surface area contributed by atoms with Crippen LogP contribution in [-0.2, 0) is 10.0 Å². The van der Waals surface area contributed by atoms with Crippen molar-refractivity contribution >= 4 is 27.3 Å². The third-order valence-electron chi connectivity index (χ3n) is 4.62. The van der Waals surface area contributed by atoms with Gasteiger partial charge in [-0.15, -0.1) is 0 Å². The molecule has 2 aromatic heterocycles. The Labute approximate surface area is 172 Å². The summed E-state index contributed by atoms with van der Waals surface area (Å²) in [7, 11) is -4.03. The molecule has 1 saturated heterocycles. The zero-order valence-electron chi connectivity index (χ0n) is 15.7. The van der Waals surface area contributed by atoms with E-state index in [1.54, 1.807) is 24.7 Å². The normalized spacial score (nSPS) is 14.6. The Morgan fingerprint density at radius 1 is 0.833 bits per heavy atom. The number of nitrogens with zero attached hydrogens (tertiary/aromatic N) is 5. The highest BCUT2D eigenvalue weighted by Crippen LogP contribution is 2.21. The molecular formula is C19H18F2N6O2S. The van der Waals surface area contributed by atoms with Gasteiger partial charge in [-0.1, -0.05) is 0 Å². The van der Waals surface area contributed by atoms with E-state index in [4.69, 9.17) is 0 Å². The van der Waals surface area contributed by atoms with E-state index >= 15 is 0 Å². The average molecular weight is 432 g/mol. The smallest absolute Gasteiger partial charge is 0.263 e. The molecule has 1 N–H and O–H groups in total. The van der Waals surface area contributed by atoms with E-state index in [9.17, 15) is 17.2 Å². The van der Waals surface area contributed by atoms with Crippen LogP contribution >= 0.6 is 0 Å². The summed E-state index contributed by atoms with van der Waals surface area (Å²) >= 11 is 0. The third kappa shape index (κ3) is 4.46. The molecule has 3 heterocycles. The van der Waals surface area contributed by atoms with Crippen LogP contribution in [0.5, 0.6) is 0 Å². The zero-order valence-corrected chi connectivity index (χ0v) is 16.6. The molecule has 30 heavy (non-hydrogen) atoms. The number of pyridine rings is 1. The van der Waals surface area contributed by atoms with Crippen LogP contribution in [-0.4, -0.2) is 49.5 Å². The lowest BCUT2D eigenvalue weighted by Crippen LogP contribution is -2.47. The highest BCUT2D eigenvalue weighted by molar-refractivity contribution is 7.92. The lowest BCUT2D eigenvalue weighted by molar-refractivity contribution is 0.584. The number of hydrogen-bond donors (Lipinski definition) is 1. The van der Waals surface area contributed by atoms with Gasteiger partial charge in [0.25, 0.3) is 10.0 Å². The summed E-state index contributed by atoms with van der Waals surface area (Å²) in [6.45, 7) is 2.84. The molecule has 1 aliphatic heterocycles. The van der Waals surface area contributed by atoms with Crippen LogP contribution in [0.15, 0.2) is 60.0 Å². The first kappa shape index (κ1) is 20.0. The molecule has 1 aromatic carbocycles. The van der Waals surface area contributed by atoms with E-state index in [-0.39, 0.29) is 10.6 Å². The number of nitrogens with one attached hydrogen (secondary N) is 1. The van der Waals surface area contributed by atoms with Crippen molar-refractivity contribution in [1.82, 2.24) is 15.0 Å². The van der Waals surface area contributed by atoms with Crippen LogP contribution in [0.3, 0.4) is 0 Å². The molecule has 0 atom stereocenters. The maximum Gasteiger partial charge on any atom is 0.263 e. The van der Waals surface area contributed by atoms with Crippen LogP contribution < -0.4 is 14.5 Å². The van der Waals surface area contributed by atoms with Crippen molar-refractivity contribution < 1.29 is 17.2 Å². The van der Waals surface area contributed by atoms with Gasteiger partial charge in [0.15, 0.2) is 0 Å². The largest absolute Gasteiger partial charge is 0.353 e. The highest BCUT2D eigenvalue weighted by Gasteiger charge is 2.21. The van der Waals surface area contributed by atoms with E-state index < -0.39 is 21.7 Å². The Balaban J connectivity index is 1.42. The van der Waals surface area contributed by atoms with Gasteiger partial charge in [0.1, 0.15) is 28.2 Å². The molecule has 0 radical (unpaired) electrons. The van der Waals surface area contributed by atoms with E-state index in [1.807, 2.05) is 4.90 Å². The van der Waals surface area contributed by atoms with E-state index in [0.717, 1.165) is 31.0 Å². The molecule has 11 heteroatoms. The molecule has 4 rings (SSSR count). The van der Waals surface area contributed by atoms with Crippen molar-refractivity contribution in [2.45, 2.75) is 4.90 Å². The molecular weight excluding hydrogens is 414 g/mol. The van der Waals surface area contributed by atoms with Gasteiger partial charge in [-0.3, -0.25) is 9.71 Å². The van der Waals surface area contributed by atoms with Gasteiger partial charge in [-0.05, 0) is 24.3 Å². The van der Waals surface area contributed by atoms with Crippen LogP contribution in [0.25, 0.3) is 0 Å². The van der Waals surface area contributed by atoms with Crippen molar-refractivity contribution in [3.8, 4) is 0 Å². The molecule has 0 unspecified atom stereocenters. The number of sulfonamides is 1. The standard InChI is InChI=1S/C19H18F2N6O2S/c20-14-9-15(21)11-16(10-14)25-30(28,29)17-1-2-18(24-12-17)26-5-7-27(8-6-26)19-13-22-3-4-23-19/h1-4,9-13,25H,5-8H2. The molecule has 156 valence electrons. The fraction of sp³-hybridized carbons (Fsp3) is 0.211. The first-order valence-electron chi connectivity index (χ1n) is 9.12. The summed E-state index contributed by atoms with van der Waals surface area (Å²) < 4.78 is 53.7. The van der Waals surface area contributed by atoms with Crippen molar-refractivity contribution in [3.05, 3.63) is 66.8 Å². The number of piperazine rings is 1. The Morgan fingerprint density at radius 3 is 2.07 bits per heavy atom. The second-order valence-corrected chi connectivity index (χ2v) is 8.34. The predicted molar refractivity (Wildman–Crippen MR) is 108 cm³/mol. The summed E-state index contributed by atoms with van der Waals surface area (Å²) in [5.41, 5.74) is -0.197. The van der Waals surface area contributed by atoms with Gasteiger partial charge < -0.3 is 9.80 Å². The topological polar surface area (TPSA) is 91.3 Å². The van der Waals surface area contributed by atoms with Crippen LogP contribution in [0.4, 0.5) is 26.1 Å². The van der Waals surface area contributed by atoms with Gasteiger partial charge >= 0.3 is 0 Å². The highest BCUT2D eigenvalue weighted by atomic mass is 32.2. The van der Waals surface area contributed by atoms with Crippen LogP contribution in [0.2, 0.25) is 0 Å². The molecule has 0 saturated carbocycles. The lowest BCUT2D eigenvalue weighted by atomic mass is 10.3. The average Bonchev–Trinajstić information content (AvgIpc) is 2.73. The summed E-state index contributed by atoms with van der Waals surface area (Å²) in [6, 6.07) is 5.49. The monoisotopic (exact) mass is 432 g/mol.